The van der Waals surface area contributed by atoms with Crippen LogP contribution in [0.4, 0.5) is 4.39 Å². The van der Waals surface area contributed by atoms with Gasteiger partial charge in [-0.05, 0) is 192 Å². The van der Waals surface area contributed by atoms with E-state index in [2.05, 4.69) is 0 Å². The molecule has 2 unspecified atom stereocenters. The highest BCUT2D eigenvalue weighted by Gasteiger charge is 2.54. The van der Waals surface area contributed by atoms with E-state index in [9.17, 15) is 38.3 Å². The lowest BCUT2D eigenvalue weighted by Gasteiger charge is -2.46. The van der Waals surface area contributed by atoms with Gasteiger partial charge in [-0.25, -0.2) is 4.39 Å². The molecule has 0 radical (unpaired) electrons. The van der Waals surface area contributed by atoms with Crippen molar-refractivity contribution in [2.45, 2.75) is 150 Å². The number of carbonyl (C=O) groups excluding carboxylic acids is 3. The number of benzene rings is 6. The molecule has 2 aliphatic heterocycles. The van der Waals surface area contributed by atoms with Crippen LogP contribution in [0.5, 0.6) is 0 Å². The topological polar surface area (TPSA) is 129 Å². The SMILES string of the molecule is CC.CCc1ccc(-c2ccc(Cl)cc2Cl)cc1C1=C(O)C(C)(C)S(=O)C(C)(C)C1=O.Cc1ccc(-c2ccc(Cl)c(F)c2)cc1C1=C(O)C(C)(C)SC(C)(C)C1=O.Cc1ccc(-c2ccc(Cl)cc2Cl)cc1C1=C(O)C(C)(C)C(C)C(C)(C)C1=O. The number of Topliss-reactive ketones (excluding diaryl/α,β-unsaturated/α-hetero) is 3. The Morgan fingerprint density at radius 3 is 1.40 bits per heavy atom. The van der Waals surface area contributed by atoms with E-state index in [1.54, 1.807) is 58.0 Å². The van der Waals surface area contributed by atoms with Crippen LogP contribution in [0.15, 0.2) is 126 Å². The summed E-state index contributed by atoms with van der Waals surface area (Å²) in [7, 11) is -1.56. The minimum Gasteiger partial charge on any atom is -0.511 e. The zero-order chi connectivity index (χ0) is 64.9. The van der Waals surface area contributed by atoms with Crippen molar-refractivity contribution in [3.05, 3.63) is 191 Å². The molecule has 0 spiro atoms. The average molecular weight is 1300 g/mol. The smallest absolute Gasteiger partial charge is 0.184 e. The molecule has 3 N–H and O–H groups in total. The van der Waals surface area contributed by atoms with Crippen molar-refractivity contribution in [1.82, 2.24) is 0 Å². The molecule has 0 saturated heterocycles. The Hall–Kier alpha value is -5.17. The number of aliphatic hydroxyl groups is 3. The van der Waals surface area contributed by atoms with E-state index >= 15 is 0 Å². The van der Waals surface area contributed by atoms with E-state index in [1.807, 2.05) is 164 Å². The maximum atomic E-state index is 13.9. The Kier molecular flexibility index (Phi) is 21.2. The number of ketones is 3. The Labute approximate surface area is 539 Å². The quantitative estimate of drug-likeness (QED) is 0.144. The highest BCUT2D eigenvalue weighted by atomic mass is 35.5. The predicted octanol–water partition coefficient (Wildman–Crippen LogP) is 21.5. The van der Waals surface area contributed by atoms with Crippen LogP contribution in [0, 0.1) is 36.4 Å². The summed E-state index contributed by atoms with van der Waals surface area (Å²) in [5.41, 5.74) is 9.45. The van der Waals surface area contributed by atoms with Gasteiger partial charge in [-0.1, -0.05) is 168 Å². The molecule has 6 aromatic carbocycles. The Bertz CT molecular complexity index is 3830. The molecule has 0 aromatic heterocycles. The predicted molar refractivity (Wildman–Crippen MR) is 363 cm³/mol. The van der Waals surface area contributed by atoms with Gasteiger partial charge in [0.1, 0.15) is 27.8 Å². The molecule has 0 bridgehead atoms. The molecule has 6 aromatic rings. The van der Waals surface area contributed by atoms with Crippen molar-refractivity contribution in [2.75, 3.05) is 0 Å². The van der Waals surface area contributed by atoms with Crippen LogP contribution in [-0.4, -0.2) is 55.9 Å². The minimum absolute atomic E-state index is 0.00504. The van der Waals surface area contributed by atoms with Crippen LogP contribution in [0.2, 0.25) is 25.1 Å². The Morgan fingerprint density at radius 2 is 0.907 bits per heavy atom. The van der Waals surface area contributed by atoms with Gasteiger partial charge >= 0.3 is 0 Å². The van der Waals surface area contributed by atoms with Gasteiger partial charge in [-0.2, -0.15) is 0 Å². The fourth-order valence-corrected chi connectivity index (χ4v) is 16.0. The first-order valence-corrected chi connectivity index (χ1v) is 32.4. The van der Waals surface area contributed by atoms with E-state index in [4.69, 9.17) is 58.0 Å². The monoisotopic (exact) mass is 1300 g/mol. The Balaban J connectivity index is 0.000000203. The molecular weight excluding hydrogens is 1230 g/mol. The van der Waals surface area contributed by atoms with E-state index < -0.39 is 46.4 Å². The molecule has 458 valence electrons. The minimum atomic E-state index is -1.56. The summed E-state index contributed by atoms with van der Waals surface area (Å²) >= 11 is 32.1. The van der Waals surface area contributed by atoms with Gasteiger partial charge in [-0.3, -0.25) is 18.6 Å². The van der Waals surface area contributed by atoms with E-state index in [0.717, 1.165) is 50.1 Å². The molecule has 3 aliphatic rings. The van der Waals surface area contributed by atoms with Gasteiger partial charge in [0.05, 0.1) is 36.0 Å². The molecule has 9 rings (SSSR count). The third-order valence-electron chi connectivity index (χ3n) is 16.9. The molecule has 2 atom stereocenters. The van der Waals surface area contributed by atoms with Crippen LogP contribution < -0.4 is 0 Å². The van der Waals surface area contributed by atoms with Crippen molar-refractivity contribution in [3.8, 4) is 33.4 Å². The van der Waals surface area contributed by atoms with Crippen LogP contribution in [0.25, 0.3) is 50.1 Å². The van der Waals surface area contributed by atoms with Crippen molar-refractivity contribution in [2.24, 2.45) is 16.7 Å². The van der Waals surface area contributed by atoms with E-state index in [-0.39, 0.29) is 51.1 Å². The molecule has 15 heteroatoms. The van der Waals surface area contributed by atoms with E-state index in [1.165, 1.54) is 23.9 Å². The van der Waals surface area contributed by atoms with Crippen LogP contribution in [0.1, 0.15) is 144 Å². The highest BCUT2D eigenvalue weighted by molar-refractivity contribution is 8.03. The second kappa shape index (κ2) is 26.1. The number of aliphatic hydroxyl groups excluding tert-OH is 3. The third-order valence-corrected chi connectivity index (χ3v) is 22.0. The summed E-state index contributed by atoms with van der Waals surface area (Å²) < 4.78 is 23.5. The van der Waals surface area contributed by atoms with Crippen LogP contribution in [-0.2, 0) is 31.6 Å². The number of hydrogen-bond donors (Lipinski definition) is 3. The molecule has 0 amide bonds. The maximum absolute atomic E-state index is 13.9. The highest BCUT2D eigenvalue weighted by Crippen LogP contribution is 2.54. The molecule has 86 heavy (non-hydrogen) atoms. The molecule has 2 heterocycles. The number of carbonyl (C=O) groups is 3. The van der Waals surface area contributed by atoms with Crippen molar-refractivity contribution >= 4 is 115 Å². The molecule has 0 saturated carbocycles. The normalized spacial score (nSPS) is 19.8. The summed E-state index contributed by atoms with van der Waals surface area (Å²) in [6, 6.07) is 32.5. The number of hydrogen-bond acceptors (Lipinski definition) is 8. The number of thioether (sulfide) groups is 1. The van der Waals surface area contributed by atoms with E-state index in [0.29, 0.717) is 54.3 Å². The molecule has 0 fully saturated rings. The second-order valence-electron chi connectivity index (χ2n) is 24.9. The van der Waals surface area contributed by atoms with Gasteiger partial charge in [0.25, 0.3) is 0 Å². The fraction of sp³-hybridized carbons (Fsp3) is 0.366. The van der Waals surface area contributed by atoms with Gasteiger partial charge < -0.3 is 15.3 Å². The van der Waals surface area contributed by atoms with Crippen molar-refractivity contribution in [3.63, 3.8) is 0 Å². The van der Waals surface area contributed by atoms with Crippen LogP contribution in [0.3, 0.4) is 0 Å². The Morgan fingerprint density at radius 1 is 0.477 bits per heavy atom. The lowest BCUT2D eigenvalue weighted by molar-refractivity contribution is -0.128. The summed E-state index contributed by atoms with van der Waals surface area (Å²) in [4.78, 5) is 39.9. The lowest BCUT2D eigenvalue weighted by atomic mass is 9.57. The first-order chi connectivity index (χ1) is 39.7. The van der Waals surface area contributed by atoms with Crippen molar-refractivity contribution in [1.29, 1.82) is 0 Å². The van der Waals surface area contributed by atoms with Crippen molar-refractivity contribution < 1.29 is 38.3 Å². The summed E-state index contributed by atoms with van der Waals surface area (Å²) in [6.45, 7) is 34.1. The fourth-order valence-electron chi connectivity index (χ4n) is 11.3. The lowest BCUT2D eigenvalue weighted by Crippen LogP contribution is -2.52. The molecule has 7 nitrogen and oxygen atoms in total. The third kappa shape index (κ3) is 13.4. The summed E-state index contributed by atoms with van der Waals surface area (Å²) in [6.07, 6.45) is 0.679. The number of allylic oxidation sites excluding steroid dienone is 4. The summed E-state index contributed by atoms with van der Waals surface area (Å²) in [5.74, 6) is -0.829. The summed E-state index contributed by atoms with van der Waals surface area (Å²) in [5, 5.41) is 35.2. The van der Waals surface area contributed by atoms with Crippen LogP contribution >= 0.6 is 69.8 Å². The largest absolute Gasteiger partial charge is 0.511 e. The average Bonchev–Trinajstić information content (AvgIpc) is 0.786. The standard InChI is InChI=1S/C24H26Cl2O2.C23H24Cl2O3S.C22H22ClFO2S.C2H6/c1-13-7-8-15(17-10-9-16(25)12-19(17)26)11-18(13)20-21(27)23(3,4)14(2)24(5,6)22(20)28;1-6-13-7-8-14(16-10-9-15(24)12-18(16)25)11-17(13)19-20(26)22(2,3)29(28)23(4,5)21(19)27;1-12-6-7-13(14-8-9-16(23)17(24)11-14)10-15(12)18-19(25)21(2,3)27-22(4,5)20(18)26;1-2/h7-12,14,27H,1-6H3;7-12,26H,6H2,1-5H3;6-11,25H,1-5H3;1-2H3. The number of rotatable bonds is 7. The second-order valence-corrected chi connectivity index (χ2v) is 31.8. The zero-order valence-electron chi connectivity index (χ0n) is 52.2. The number of halogens is 6. The van der Waals surface area contributed by atoms with Gasteiger partial charge in [0.15, 0.2) is 17.3 Å². The van der Waals surface area contributed by atoms with Gasteiger partial charge in [-0.15, -0.1) is 11.8 Å². The molecular formula is C71H78Cl5FO7S2. The van der Waals surface area contributed by atoms with Gasteiger partial charge in [0, 0.05) is 52.8 Å². The number of aryl methyl sites for hydroxylation is 3. The zero-order valence-corrected chi connectivity index (χ0v) is 57.6. The maximum Gasteiger partial charge on any atom is 0.184 e. The first-order valence-electron chi connectivity index (χ1n) is 28.5. The first kappa shape index (κ1) is 69.9. The van der Waals surface area contributed by atoms with Gasteiger partial charge in [0.2, 0.25) is 0 Å². The molecule has 1 aliphatic carbocycles.